The predicted octanol–water partition coefficient (Wildman–Crippen LogP) is 4.24. The Labute approximate surface area is 98.5 Å². The van der Waals surface area contributed by atoms with Crippen molar-refractivity contribution in [2.45, 2.75) is 46.5 Å². The van der Waals surface area contributed by atoms with E-state index in [1.165, 1.54) is 18.4 Å². The van der Waals surface area contributed by atoms with Crippen LogP contribution in [0.25, 0.3) is 0 Å². The standard InChI is InChI=1S/C15H22O/c1-10-5-6-12(9-13(10)16)14-11(2)7-8-15(14,3)4/h5-6,9,11,14,16H,7-8H2,1-4H3/t11-,14-/m1/s1. The lowest BCUT2D eigenvalue weighted by atomic mass is 9.75. The van der Waals surface area contributed by atoms with Crippen molar-refractivity contribution in [2.75, 3.05) is 0 Å². The predicted molar refractivity (Wildman–Crippen MR) is 67.8 cm³/mol. The van der Waals surface area contributed by atoms with Gasteiger partial charge in [-0.3, -0.25) is 0 Å². The molecule has 1 aliphatic rings. The van der Waals surface area contributed by atoms with E-state index in [1.807, 2.05) is 19.1 Å². The van der Waals surface area contributed by atoms with Gasteiger partial charge in [0.1, 0.15) is 5.75 Å². The molecule has 0 aliphatic heterocycles. The lowest BCUT2D eigenvalue weighted by Gasteiger charge is -2.30. The number of benzene rings is 1. The summed E-state index contributed by atoms with van der Waals surface area (Å²) in [5, 5.41) is 9.82. The quantitative estimate of drug-likeness (QED) is 0.747. The van der Waals surface area contributed by atoms with Crippen LogP contribution in [-0.2, 0) is 0 Å². The molecule has 0 spiro atoms. The molecule has 2 rings (SSSR count). The van der Waals surface area contributed by atoms with E-state index in [2.05, 4.69) is 26.8 Å². The summed E-state index contributed by atoms with van der Waals surface area (Å²) < 4.78 is 0. The Bertz CT molecular complexity index is 392. The number of phenols is 1. The van der Waals surface area contributed by atoms with Crippen molar-refractivity contribution < 1.29 is 5.11 Å². The van der Waals surface area contributed by atoms with E-state index in [9.17, 15) is 5.11 Å². The zero-order valence-electron chi connectivity index (χ0n) is 10.7. The minimum atomic E-state index is 0.362. The maximum Gasteiger partial charge on any atom is 0.118 e. The number of aromatic hydroxyl groups is 1. The van der Waals surface area contributed by atoms with Crippen LogP contribution in [0.15, 0.2) is 18.2 Å². The van der Waals surface area contributed by atoms with E-state index < -0.39 is 0 Å². The Balaban J connectivity index is 2.39. The van der Waals surface area contributed by atoms with Crippen molar-refractivity contribution in [3.63, 3.8) is 0 Å². The van der Waals surface area contributed by atoms with Gasteiger partial charge in [0.25, 0.3) is 0 Å². The molecule has 1 saturated carbocycles. The smallest absolute Gasteiger partial charge is 0.118 e. The fourth-order valence-corrected chi connectivity index (χ4v) is 3.29. The van der Waals surface area contributed by atoms with Gasteiger partial charge in [-0.15, -0.1) is 0 Å². The van der Waals surface area contributed by atoms with Gasteiger partial charge >= 0.3 is 0 Å². The van der Waals surface area contributed by atoms with Gasteiger partial charge in [0.2, 0.25) is 0 Å². The molecule has 0 bridgehead atoms. The van der Waals surface area contributed by atoms with Crippen LogP contribution >= 0.6 is 0 Å². The number of hydrogen-bond acceptors (Lipinski definition) is 1. The molecule has 1 aromatic carbocycles. The molecule has 1 N–H and O–H groups in total. The first-order valence-corrected chi connectivity index (χ1v) is 6.21. The van der Waals surface area contributed by atoms with E-state index in [1.54, 1.807) is 0 Å². The van der Waals surface area contributed by atoms with Crippen molar-refractivity contribution in [1.29, 1.82) is 0 Å². The van der Waals surface area contributed by atoms with Crippen LogP contribution in [-0.4, -0.2) is 5.11 Å². The third-order valence-electron chi connectivity index (χ3n) is 4.25. The maximum atomic E-state index is 9.82. The highest BCUT2D eigenvalue weighted by Crippen LogP contribution is 2.52. The zero-order chi connectivity index (χ0) is 11.9. The number of hydrogen-bond donors (Lipinski definition) is 1. The van der Waals surface area contributed by atoms with Crippen molar-refractivity contribution >= 4 is 0 Å². The van der Waals surface area contributed by atoms with E-state index >= 15 is 0 Å². The first-order chi connectivity index (χ1) is 7.42. The van der Waals surface area contributed by atoms with Crippen molar-refractivity contribution in [3.05, 3.63) is 29.3 Å². The van der Waals surface area contributed by atoms with Gasteiger partial charge in [0.15, 0.2) is 0 Å². The van der Waals surface area contributed by atoms with E-state index in [0.29, 0.717) is 17.1 Å². The summed E-state index contributed by atoms with van der Waals surface area (Å²) in [7, 11) is 0. The summed E-state index contributed by atoms with van der Waals surface area (Å²) in [6.07, 6.45) is 2.58. The van der Waals surface area contributed by atoms with Crippen LogP contribution in [0.1, 0.15) is 50.7 Å². The first kappa shape index (κ1) is 11.5. The fraction of sp³-hybridized carbons (Fsp3) is 0.600. The Morgan fingerprint density at radius 1 is 1.31 bits per heavy atom. The fourth-order valence-electron chi connectivity index (χ4n) is 3.29. The lowest BCUT2D eigenvalue weighted by molar-refractivity contribution is 0.306. The topological polar surface area (TPSA) is 20.2 Å². The first-order valence-electron chi connectivity index (χ1n) is 6.21. The average molecular weight is 218 g/mol. The number of phenolic OH excluding ortho intramolecular Hbond substituents is 1. The van der Waals surface area contributed by atoms with Crippen LogP contribution in [0, 0.1) is 18.3 Å². The van der Waals surface area contributed by atoms with Gasteiger partial charge in [0.05, 0.1) is 0 Å². The number of rotatable bonds is 1. The lowest BCUT2D eigenvalue weighted by Crippen LogP contribution is -2.18. The largest absolute Gasteiger partial charge is 0.508 e. The van der Waals surface area contributed by atoms with Gasteiger partial charge in [-0.2, -0.15) is 0 Å². The number of aryl methyl sites for hydroxylation is 1. The maximum absolute atomic E-state index is 9.82. The minimum absolute atomic E-state index is 0.362. The summed E-state index contributed by atoms with van der Waals surface area (Å²) in [5.41, 5.74) is 2.63. The molecule has 0 amide bonds. The Kier molecular flexibility index (Phi) is 2.73. The molecular weight excluding hydrogens is 196 g/mol. The summed E-state index contributed by atoms with van der Waals surface area (Å²) in [4.78, 5) is 0. The normalized spacial score (nSPS) is 28.2. The van der Waals surface area contributed by atoms with Crippen molar-refractivity contribution in [2.24, 2.45) is 11.3 Å². The zero-order valence-corrected chi connectivity index (χ0v) is 10.7. The Morgan fingerprint density at radius 2 is 2.00 bits per heavy atom. The average Bonchev–Trinajstić information content (AvgIpc) is 2.46. The Morgan fingerprint density at radius 3 is 2.50 bits per heavy atom. The molecule has 88 valence electrons. The molecule has 2 atom stereocenters. The molecule has 1 heteroatoms. The minimum Gasteiger partial charge on any atom is -0.508 e. The highest BCUT2D eigenvalue weighted by molar-refractivity contribution is 5.38. The van der Waals surface area contributed by atoms with Gasteiger partial charge in [-0.05, 0) is 54.2 Å². The summed E-state index contributed by atoms with van der Waals surface area (Å²) in [6, 6.07) is 6.18. The molecule has 16 heavy (non-hydrogen) atoms. The third kappa shape index (κ3) is 1.83. The summed E-state index contributed by atoms with van der Waals surface area (Å²) >= 11 is 0. The van der Waals surface area contributed by atoms with Crippen molar-refractivity contribution in [3.8, 4) is 5.75 Å². The molecular formula is C15H22O. The molecule has 1 aromatic rings. The molecule has 0 heterocycles. The second-order valence-corrected chi connectivity index (χ2v) is 6.03. The van der Waals surface area contributed by atoms with Crippen LogP contribution in [0.4, 0.5) is 0 Å². The van der Waals surface area contributed by atoms with Gasteiger partial charge in [0, 0.05) is 0 Å². The van der Waals surface area contributed by atoms with Crippen LogP contribution < -0.4 is 0 Å². The Hall–Kier alpha value is -0.980. The highest BCUT2D eigenvalue weighted by Gasteiger charge is 2.40. The molecule has 0 saturated heterocycles. The summed E-state index contributed by atoms with van der Waals surface area (Å²) in [6.45, 7) is 8.97. The molecule has 1 fully saturated rings. The van der Waals surface area contributed by atoms with Crippen LogP contribution in [0.2, 0.25) is 0 Å². The van der Waals surface area contributed by atoms with Gasteiger partial charge < -0.3 is 5.11 Å². The van der Waals surface area contributed by atoms with E-state index in [-0.39, 0.29) is 0 Å². The molecule has 0 unspecified atom stereocenters. The van der Waals surface area contributed by atoms with Crippen molar-refractivity contribution in [1.82, 2.24) is 0 Å². The van der Waals surface area contributed by atoms with Gasteiger partial charge in [-0.25, -0.2) is 0 Å². The molecule has 1 aliphatic carbocycles. The third-order valence-corrected chi connectivity index (χ3v) is 4.25. The van der Waals surface area contributed by atoms with E-state index in [4.69, 9.17) is 0 Å². The molecule has 0 aromatic heterocycles. The van der Waals surface area contributed by atoms with E-state index in [0.717, 1.165) is 11.5 Å². The molecule has 0 radical (unpaired) electrons. The second-order valence-electron chi connectivity index (χ2n) is 6.03. The second kappa shape index (κ2) is 3.80. The highest BCUT2D eigenvalue weighted by atomic mass is 16.3. The SMILES string of the molecule is Cc1ccc([C@H]2[C@H](C)CCC2(C)C)cc1O. The monoisotopic (exact) mass is 218 g/mol. The van der Waals surface area contributed by atoms with Gasteiger partial charge in [-0.1, -0.05) is 32.9 Å². The van der Waals surface area contributed by atoms with Crippen LogP contribution in [0.3, 0.4) is 0 Å². The van der Waals surface area contributed by atoms with Crippen LogP contribution in [0.5, 0.6) is 5.75 Å². The molecule has 1 nitrogen and oxygen atoms in total. The summed E-state index contributed by atoms with van der Waals surface area (Å²) in [5.74, 6) is 1.74.